The number of hydrogen-bond acceptors (Lipinski definition) is 3. The molecule has 0 aromatic carbocycles. The summed E-state index contributed by atoms with van der Waals surface area (Å²) in [5, 5.41) is 9.78. The Hall–Kier alpha value is -0.930. The van der Waals surface area contributed by atoms with E-state index in [1.165, 1.54) is 5.57 Å². The van der Waals surface area contributed by atoms with Crippen molar-refractivity contribution in [2.24, 2.45) is 0 Å². The molecule has 1 saturated heterocycles. The molecule has 0 saturated carbocycles. The summed E-state index contributed by atoms with van der Waals surface area (Å²) in [4.78, 5) is 13.0. The minimum absolute atomic E-state index is 0.550. The third-order valence-electron chi connectivity index (χ3n) is 3.17. The quantitative estimate of drug-likeness (QED) is 0.586. The van der Waals surface area contributed by atoms with Crippen LogP contribution < -0.4 is 0 Å². The lowest BCUT2D eigenvalue weighted by Gasteiger charge is -2.34. The first-order chi connectivity index (χ1) is 8.09. The lowest BCUT2D eigenvalue weighted by atomic mass is 9.93. The third kappa shape index (κ3) is 4.84. The van der Waals surface area contributed by atoms with Gasteiger partial charge in [0.25, 0.3) is 0 Å². The molecule has 0 aliphatic carbocycles. The fourth-order valence-corrected chi connectivity index (χ4v) is 1.99. The van der Waals surface area contributed by atoms with Crippen LogP contribution >= 0.6 is 0 Å². The predicted molar refractivity (Wildman–Crippen MR) is 69.9 cm³/mol. The highest BCUT2D eigenvalue weighted by Crippen LogP contribution is 2.20. The second-order valence-electron chi connectivity index (χ2n) is 4.85. The van der Waals surface area contributed by atoms with Crippen LogP contribution in [0.25, 0.3) is 0 Å². The molecule has 17 heavy (non-hydrogen) atoms. The molecule has 0 spiro atoms. The van der Waals surface area contributed by atoms with E-state index in [4.69, 9.17) is 0 Å². The molecule has 1 aliphatic rings. The smallest absolute Gasteiger partial charge is 0.151 e. The van der Waals surface area contributed by atoms with Gasteiger partial charge in [-0.05, 0) is 26.2 Å². The number of aldehydes is 1. The monoisotopic (exact) mass is 237 g/mol. The Balaban J connectivity index is 2.38. The summed E-state index contributed by atoms with van der Waals surface area (Å²) >= 11 is 0. The number of allylic oxidation sites excluding steroid dienone is 3. The van der Waals surface area contributed by atoms with Crippen molar-refractivity contribution < 1.29 is 9.90 Å². The molecular formula is C14H23NO2. The largest absolute Gasteiger partial charge is 0.382 e. The van der Waals surface area contributed by atoms with Crippen LogP contribution in [0.15, 0.2) is 23.8 Å². The Bertz CT molecular complexity index is 299. The standard InChI is InChI=1S/C14H23NO2/c1-3-4-5-6-13(2)11-15-9-7-14(17,12-16)8-10-15/h4-6,12,17H,3,7-11H2,1-2H3/b5-4-,13-6+. The fraction of sp³-hybridized carbons (Fsp3) is 0.643. The maximum atomic E-state index is 10.7. The van der Waals surface area contributed by atoms with E-state index in [9.17, 15) is 9.90 Å². The van der Waals surface area contributed by atoms with E-state index in [1.54, 1.807) is 0 Å². The van der Waals surface area contributed by atoms with Gasteiger partial charge in [0, 0.05) is 19.6 Å². The average Bonchev–Trinajstić information content (AvgIpc) is 2.33. The normalized spacial score (nSPS) is 21.9. The SMILES string of the molecule is CC/C=C\C=C(/C)CN1CCC(O)(C=O)CC1. The Morgan fingerprint density at radius 1 is 1.41 bits per heavy atom. The highest BCUT2D eigenvalue weighted by atomic mass is 16.3. The molecule has 96 valence electrons. The summed E-state index contributed by atoms with van der Waals surface area (Å²) in [6, 6.07) is 0. The highest BCUT2D eigenvalue weighted by molar-refractivity contribution is 5.62. The Labute approximate surface area is 104 Å². The first kappa shape index (κ1) is 14.1. The summed E-state index contributed by atoms with van der Waals surface area (Å²) in [5.74, 6) is 0. The number of likely N-dealkylation sites (tertiary alicyclic amines) is 1. The van der Waals surface area contributed by atoms with Crippen LogP contribution in [0.5, 0.6) is 0 Å². The van der Waals surface area contributed by atoms with E-state index in [-0.39, 0.29) is 0 Å². The molecule has 0 aromatic rings. The van der Waals surface area contributed by atoms with Gasteiger partial charge < -0.3 is 9.90 Å². The van der Waals surface area contributed by atoms with E-state index in [2.05, 4.69) is 37.0 Å². The second-order valence-corrected chi connectivity index (χ2v) is 4.85. The molecule has 0 bridgehead atoms. The molecule has 0 atom stereocenters. The summed E-state index contributed by atoms with van der Waals surface area (Å²) in [6.45, 7) is 6.73. The molecule has 3 heteroatoms. The van der Waals surface area contributed by atoms with Crippen LogP contribution in [0.1, 0.15) is 33.1 Å². The highest BCUT2D eigenvalue weighted by Gasteiger charge is 2.31. The van der Waals surface area contributed by atoms with Crippen molar-refractivity contribution in [3.05, 3.63) is 23.8 Å². The number of carbonyl (C=O) groups is 1. The van der Waals surface area contributed by atoms with Gasteiger partial charge in [-0.15, -0.1) is 0 Å². The molecule has 0 amide bonds. The molecule has 1 fully saturated rings. The predicted octanol–water partition coefficient (Wildman–Crippen LogP) is 1.92. The molecule has 3 nitrogen and oxygen atoms in total. The van der Waals surface area contributed by atoms with Crippen molar-refractivity contribution in [1.29, 1.82) is 0 Å². The van der Waals surface area contributed by atoms with E-state index < -0.39 is 5.60 Å². The van der Waals surface area contributed by atoms with Crippen LogP contribution in [0.2, 0.25) is 0 Å². The van der Waals surface area contributed by atoms with E-state index in [1.807, 2.05) is 0 Å². The number of aliphatic hydroxyl groups is 1. The Morgan fingerprint density at radius 2 is 2.06 bits per heavy atom. The summed E-state index contributed by atoms with van der Waals surface area (Å²) in [7, 11) is 0. The molecule has 1 aliphatic heterocycles. The van der Waals surface area contributed by atoms with Crippen molar-refractivity contribution in [2.45, 2.75) is 38.7 Å². The number of rotatable bonds is 5. The zero-order valence-electron chi connectivity index (χ0n) is 10.9. The topological polar surface area (TPSA) is 40.5 Å². The molecular weight excluding hydrogens is 214 g/mol. The van der Waals surface area contributed by atoms with Gasteiger partial charge in [0.05, 0.1) is 0 Å². The molecule has 0 aromatic heterocycles. The van der Waals surface area contributed by atoms with E-state index >= 15 is 0 Å². The second kappa shape index (κ2) is 6.72. The molecule has 1 N–H and O–H groups in total. The Kier molecular flexibility index (Phi) is 5.59. The van der Waals surface area contributed by atoms with Gasteiger partial charge in [0.1, 0.15) is 5.60 Å². The zero-order chi connectivity index (χ0) is 12.7. The van der Waals surface area contributed by atoms with Gasteiger partial charge in [-0.25, -0.2) is 0 Å². The van der Waals surface area contributed by atoms with E-state index in [0.717, 1.165) is 26.1 Å². The maximum absolute atomic E-state index is 10.7. The summed E-state index contributed by atoms with van der Waals surface area (Å²) < 4.78 is 0. The van der Waals surface area contributed by atoms with E-state index in [0.29, 0.717) is 19.1 Å². The third-order valence-corrected chi connectivity index (χ3v) is 3.17. The van der Waals surface area contributed by atoms with Crippen molar-refractivity contribution in [3.8, 4) is 0 Å². The maximum Gasteiger partial charge on any atom is 0.151 e. The van der Waals surface area contributed by atoms with Crippen LogP contribution in [-0.4, -0.2) is 41.5 Å². The number of nitrogens with zero attached hydrogens (tertiary/aromatic N) is 1. The van der Waals surface area contributed by atoms with Crippen LogP contribution in [0.4, 0.5) is 0 Å². The molecule has 0 unspecified atom stereocenters. The molecule has 0 radical (unpaired) electrons. The van der Waals surface area contributed by atoms with Gasteiger partial charge in [-0.3, -0.25) is 4.90 Å². The lowest BCUT2D eigenvalue weighted by Crippen LogP contribution is -2.45. The van der Waals surface area contributed by atoms with Gasteiger partial charge >= 0.3 is 0 Å². The Morgan fingerprint density at radius 3 is 2.59 bits per heavy atom. The molecule has 1 heterocycles. The number of piperidine rings is 1. The fourth-order valence-electron chi connectivity index (χ4n) is 1.99. The van der Waals surface area contributed by atoms with Crippen molar-refractivity contribution in [2.75, 3.05) is 19.6 Å². The number of carbonyl (C=O) groups excluding carboxylic acids is 1. The van der Waals surface area contributed by atoms with Crippen LogP contribution in [0.3, 0.4) is 0 Å². The number of hydrogen-bond donors (Lipinski definition) is 1. The van der Waals surface area contributed by atoms with Gasteiger partial charge in [0.15, 0.2) is 6.29 Å². The van der Waals surface area contributed by atoms with Crippen molar-refractivity contribution in [3.63, 3.8) is 0 Å². The summed E-state index contributed by atoms with van der Waals surface area (Å²) in [6.07, 6.45) is 9.19. The van der Waals surface area contributed by atoms with Gasteiger partial charge in [-0.1, -0.05) is 30.7 Å². The van der Waals surface area contributed by atoms with Gasteiger partial charge in [0.2, 0.25) is 0 Å². The summed E-state index contributed by atoms with van der Waals surface area (Å²) in [5.41, 5.74) is 0.238. The van der Waals surface area contributed by atoms with Gasteiger partial charge in [-0.2, -0.15) is 0 Å². The first-order valence-corrected chi connectivity index (χ1v) is 6.33. The zero-order valence-corrected chi connectivity index (χ0v) is 10.9. The lowest BCUT2D eigenvalue weighted by molar-refractivity contribution is -0.128. The minimum Gasteiger partial charge on any atom is -0.382 e. The van der Waals surface area contributed by atoms with Crippen molar-refractivity contribution >= 4 is 6.29 Å². The first-order valence-electron chi connectivity index (χ1n) is 6.33. The average molecular weight is 237 g/mol. The minimum atomic E-state index is -1.07. The van der Waals surface area contributed by atoms with Crippen LogP contribution in [0, 0.1) is 0 Å². The van der Waals surface area contributed by atoms with Crippen molar-refractivity contribution in [1.82, 2.24) is 4.90 Å². The van der Waals surface area contributed by atoms with Crippen LogP contribution in [-0.2, 0) is 4.79 Å². The molecule has 1 rings (SSSR count).